The van der Waals surface area contributed by atoms with Gasteiger partial charge in [0.25, 0.3) is 10.0 Å². The van der Waals surface area contributed by atoms with Gasteiger partial charge in [0.2, 0.25) is 0 Å². The van der Waals surface area contributed by atoms with E-state index in [0.717, 1.165) is 16.3 Å². The summed E-state index contributed by atoms with van der Waals surface area (Å²) in [4.78, 5) is 26.1. The van der Waals surface area contributed by atoms with Crippen LogP contribution in [0.15, 0.2) is 65.2 Å². The number of esters is 1. The molecule has 31 heavy (non-hydrogen) atoms. The monoisotopic (exact) mass is 444 g/mol. The molecular weight excluding hydrogens is 424 g/mol. The summed E-state index contributed by atoms with van der Waals surface area (Å²) in [6.07, 6.45) is -0.381. The topological polar surface area (TPSA) is 102 Å². The van der Waals surface area contributed by atoms with Crippen LogP contribution in [0.3, 0.4) is 0 Å². The molecule has 0 bridgehead atoms. The van der Waals surface area contributed by atoms with Crippen LogP contribution in [0.5, 0.6) is 5.75 Å². The number of ether oxygens (including phenoxy) is 3. The van der Waals surface area contributed by atoms with Crippen LogP contribution in [0.4, 0.5) is 10.5 Å². The van der Waals surface area contributed by atoms with E-state index in [-0.39, 0.29) is 10.6 Å². The van der Waals surface area contributed by atoms with Crippen molar-refractivity contribution >= 4 is 27.8 Å². The SMILES string of the molecule is COC(=O)C1=C[C@@H]2c3ccccc3N(S(=O)(=O)c3ccc(OC)cc3)[C@@H]2N1C(=O)OC. The first-order valence-corrected chi connectivity index (χ1v) is 10.7. The number of carbonyl (C=O) groups excluding carboxylic acids is 2. The zero-order valence-corrected chi connectivity index (χ0v) is 17.8. The highest BCUT2D eigenvalue weighted by atomic mass is 32.2. The summed E-state index contributed by atoms with van der Waals surface area (Å²) in [5, 5.41) is 0. The third-order valence-corrected chi connectivity index (χ3v) is 7.14. The first-order valence-electron chi connectivity index (χ1n) is 9.30. The van der Waals surface area contributed by atoms with Gasteiger partial charge in [0.15, 0.2) is 0 Å². The van der Waals surface area contributed by atoms with Crippen molar-refractivity contribution in [1.82, 2.24) is 4.90 Å². The fraction of sp³-hybridized carbons (Fsp3) is 0.238. The highest BCUT2D eigenvalue weighted by Gasteiger charge is 2.54. The molecule has 0 saturated carbocycles. The molecular formula is C21H20N2O7S. The fourth-order valence-electron chi connectivity index (χ4n) is 3.96. The lowest BCUT2D eigenvalue weighted by Gasteiger charge is -2.33. The Hall–Kier alpha value is -3.53. The molecule has 2 heterocycles. The maximum absolute atomic E-state index is 13.7. The molecule has 2 aliphatic heterocycles. The van der Waals surface area contributed by atoms with Gasteiger partial charge in [-0.05, 0) is 42.0 Å². The molecule has 162 valence electrons. The van der Waals surface area contributed by atoms with Crippen LogP contribution in [0, 0.1) is 0 Å². The summed E-state index contributed by atoms with van der Waals surface area (Å²) >= 11 is 0. The number of nitrogens with zero attached hydrogens (tertiary/aromatic N) is 2. The molecule has 0 N–H and O–H groups in total. The van der Waals surface area contributed by atoms with E-state index in [2.05, 4.69) is 0 Å². The van der Waals surface area contributed by atoms with Gasteiger partial charge in [0, 0.05) is 5.92 Å². The first kappa shape index (κ1) is 20.7. The minimum absolute atomic E-state index is 0.0140. The Kier molecular flexibility index (Phi) is 5.10. The Balaban J connectivity index is 1.89. The average Bonchev–Trinajstić information content (AvgIpc) is 3.33. The molecule has 1 amide bonds. The maximum atomic E-state index is 13.7. The average molecular weight is 444 g/mol. The minimum atomic E-state index is -4.12. The van der Waals surface area contributed by atoms with Gasteiger partial charge in [-0.2, -0.15) is 0 Å². The van der Waals surface area contributed by atoms with Crippen LogP contribution in [-0.2, 0) is 24.3 Å². The summed E-state index contributed by atoms with van der Waals surface area (Å²) in [5.74, 6) is -0.832. The van der Waals surface area contributed by atoms with E-state index in [4.69, 9.17) is 14.2 Å². The van der Waals surface area contributed by atoms with Crippen LogP contribution in [-0.4, -0.2) is 52.9 Å². The Morgan fingerprint density at radius 1 is 0.935 bits per heavy atom. The molecule has 9 nitrogen and oxygen atoms in total. The van der Waals surface area contributed by atoms with Crippen LogP contribution >= 0.6 is 0 Å². The molecule has 0 saturated heterocycles. The van der Waals surface area contributed by atoms with E-state index in [1.54, 1.807) is 24.3 Å². The largest absolute Gasteiger partial charge is 0.497 e. The molecule has 10 heteroatoms. The van der Waals surface area contributed by atoms with E-state index in [1.165, 1.54) is 44.6 Å². The lowest BCUT2D eigenvalue weighted by molar-refractivity contribution is -0.137. The fourth-order valence-corrected chi connectivity index (χ4v) is 5.60. The number of benzene rings is 2. The molecule has 2 aliphatic rings. The third kappa shape index (κ3) is 3.10. The van der Waals surface area contributed by atoms with Gasteiger partial charge < -0.3 is 14.2 Å². The predicted octanol–water partition coefficient (Wildman–Crippen LogP) is 2.45. The molecule has 2 atom stereocenters. The molecule has 0 aromatic heterocycles. The summed E-state index contributed by atoms with van der Waals surface area (Å²) in [6, 6.07) is 12.8. The second-order valence-corrected chi connectivity index (χ2v) is 8.67. The number of para-hydroxylation sites is 1. The van der Waals surface area contributed by atoms with Crippen LogP contribution < -0.4 is 9.04 Å². The lowest BCUT2D eigenvalue weighted by Crippen LogP contribution is -2.50. The molecule has 4 rings (SSSR count). The molecule has 0 spiro atoms. The zero-order valence-electron chi connectivity index (χ0n) is 17.0. The summed E-state index contributed by atoms with van der Waals surface area (Å²) in [7, 11) is -0.286. The Labute approximate surface area is 179 Å². The van der Waals surface area contributed by atoms with E-state index in [9.17, 15) is 18.0 Å². The van der Waals surface area contributed by atoms with Gasteiger partial charge in [-0.1, -0.05) is 18.2 Å². The van der Waals surface area contributed by atoms with Crippen molar-refractivity contribution in [3.05, 3.63) is 65.9 Å². The van der Waals surface area contributed by atoms with E-state index in [1.807, 2.05) is 0 Å². The number of rotatable bonds is 4. The Bertz CT molecular complexity index is 1170. The molecule has 0 unspecified atom stereocenters. The number of fused-ring (bicyclic) bond motifs is 3. The van der Waals surface area contributed by atoms with Crippen molar-refractivity contribution in [1.29, 1.82) is 0 Å². The van der Waals surface area contributed by atoms with Crippen molar-refractivity contribution in [3.8, 4) is 5.75 Å². The van der Waals surface area contributed by atoms with Gasteiger partial charge in [0.05, 0.1) is 31.9 Å². The standard InChI is InChI=1S/C21H20N2O7S/c1-28-13-8-10-14(11-9-13)31(26,27)23-17-7-5-4-6-15(17)16-12-18(20(24)29-2)22(19(16)23)21(25)30-3/h4-12,16,19H,1-3H3/t16-,19+/m1/s1. The molecule has 0 fully saturated rings. The number of hydrogen-bond donors (Lipinski definition) is 0. The number of anilines is 1. The molecule has 0 aliphatic carbocycles. The first-order chi connectivity index (χ1) is 14.8. The van der Waals surface area contributed by atoms with Crippen molar-refractivity contribution in [2.24, 2.45) is 0 Å². The Morgan fingerprint density at radius 3 is 2.23 bits per heavy atom. The van der Waals surface area contributed by atoms with Crippen LogP contribution in [0.25, 0.3) is 0 Å². The van der Waals surface area contributed by atoms with Crippen molar-refractivity contribution in [2.75, 3.05) is 25.6 Å². The number of methoxy groups -OCH3 is 3. The lowest BCUT2D eigenvalue weighted by atomic mass is 10.0. The maximum Gasteiger partial charge on any atom is 0.416 e. The summed E-state index contributed by atoms with van der Waals surface area (Å²) in [5.41, 5.74) is 1.01. The molecule has 0 radical (unpaired) electrons. The van der Waals surface area contributed by atoms with Gasteiger partial charge >= 0.3 is 12.1 Å². The highest BCUT2D eigenvalue weighted by molar-refractivity contribution is 7.92. The van der Waals surface area contributed by atoms with Crippen molar-refractivity contribution in [2.45, 2.75) is 17.0 Å². The predicted molar refractivity (Wildman–Crippen MR) is 110 cm³/mol. The van der Waals surface area contributed by atoms with E-state index < -0.39 is 34.2 Å². The van der Waals surface area contributed by atoms with E-state index in [0.29, 0.717) is 17.0 Å². The van der Waals surface area contributed by atoms with Crippen molar-refractivity contribution in [3.63, 3.8) is 0 Å². The summed E-state index contributed by atoms with van der Waals surface area (Å²) in [6.45, 7) is 0. The van der Waals surface area contributed by atoms with Gasteiger partial charge in [-0.3, -0.25) is 0 Å². The van der Waals surface area contributed by atoms with Gasteiger partial charge in [-0.15, -0.1) is 0 Å². The summed E-state index contributed by atoms with van der Waals surface area (Å²) < 4.78 is 43.3. The second kappa shape index (κ2) is 7.62. The normalized spacial score (nSPS) is 19.4. The van der Waals surface area contributed by atoms with Gasteiger partial charge in [-0.25, -0.2) is 27.2 Å². The quantitative estimate of drug-likeness (QED) is 0.668. The Morgan fingerprint density at radius 2 is 1.61 bits per heavy atom. The minimum Gasteiger partial charge on any atom is -0.497 e. The van der Waals surface area contributed by atoms with Crippen LogP contribution in [0.2, 0.25) is 0 Å². The van der Waals surface area contributed by atoms with Gasteiger partial charge in [0.1, 0.15) is 17.6 Å². The second-order valence-electron chi connectivity index (χ2n) is 6.86. The number of sulfonamides is 1. The number of carbonyl (C=O) groups is 2. The third-order valence-electron chi connectivity index (χ3n) is 5.34. The van der Waals surface area contributed by atoms with E-state index >= 15 is 0 Å². The molecule has 2 aromatic carbocycles. The van der Waals surface area contributed by atoms with Crippen LogP contribution in [0.1, 0.15) is 11.5 Å². The number of hydrogen-bond acceptors (Lipinski definition) is 7. The van der Waals surface area contributed by atoms with Crippen molar-refractivity contribution < 1.29 is 32.2 Å². The highest BCUT2D eigenvalue weighted by Crippen LogP contribution is 2.50. The zero-order chi connectivity index (χ0) is 22.3. The molecule has 2 aromatic rings. The smallest absolute Gasteiger partial charge is 0.416 e. The number of amides is 1.